The topological polar surface area (TPSA) is 71.2 Å². The first-order valence-electron chi connectivity index (χ1n) is 7.86. The van der Waals surface area contributed by atoms with Gasteiger partial charge in [0.05, 0.1) is 16.7 Å². The van der Waals surface area contributed by atoms with E-state index >= 15 is 0 Å². The molecule has 0 spiro atoms. The number of H-pyrrole nitrogens is 1. The Kier molecular flexibility index (Phi) is 3.75. The summed E-state index contributed by atoms with van der Waals surface area (Å²) in [6, 6.07) is 5.16. The highest BCUT2D eigenvalue weighted by molar-refractivity contribution is 6.06. The molecule has 2 N–H and O–H groups in total. The van der Waals surface area contributed by atoms with E-state index in [2.05, 4.69) is 10.3 Å². The average Bonchev–Trinajstić information content (AvgIpc) is 2.52. The summed E-state index contributed by atoms with van der Waals surface area (Å²) in [4.78, 5) is 27.0. The Morgan fingerprint density at radius 3 is 2.67 bits per heavy atom. The highest BCUT2D eigenvalue weighted by Gasteiger charge is 2.58. The lowest BCUT2D eigenvalue weighted by Gasteiger charge is -2.59. The van der Waals surface area contributed by atoms with Crippen LogP contribution < -0.4 is 10.9 Å². The molecule has 0 bridgehead atoms. The molecular weight excluding hydrogens is 311 g/mol. The Labute approximate surface area is 139 Å². The lowest BCUT2D eigenvalue weighted by Crippen LogP contribution is -2.68. The standard InChI is InChI=1S/C18H21FN2O3/c1-17(2)14(9-18(17,3)24-4)21-16(23)12-8-15(22)20-13-7-10(19)5-6-11(12)13/h5-8,14H,9H2,1-4H3,(H,20,22)(H,21,23)/t14-,18+/m1/s1. The van der Waals surface area contributed by atoms with Gasteiger partial charge in [-0.2, -0.15) is 0 Å². The van der Waals surface area contributed by atoms with Gasteiger partial charge in [-0.1, -0.05) is 13.8 Å². The molecule has 128 valence electrons. The fraction of sp³-hybridized carbons (Fsp3) is 0.444. The molecule has 1 aliphatic rings. The maximum Gasteiger partial charge on any atom is 0.252 e. The van der Waals surface area contributed by atoms with Crippen molar-refractivity contribution in [2.75, 3.05) is 7.11 Å². The highest BCUT2D eigenvalue weighted by Crippen LogP contribution is 2.51. The van der Waals surface area contributed by atoms with E-state index in [0.717, 1.165) is 0 Å². The van der Waals surface area contributed by atoms with E-state index in [-0.39, 0.29) is 28.5 Å². The van der Waals surface area contributed by atoms with Crippen LogP contribution in [-0.2, 0) is 4.74 Å². The van der Waals surface area contributed by atoms with Crippen LogP contribution in [0.25, 0.3) is 10.9 Å². The van der Waals surface area contributed by atoms with Gasteiger partial charge in [-0.25, -0.2) is 4.39 Å². The fourth-order valence-electron chi connectivity index (χ4n) is 3.38. The van der Waals surface area contributed by atoms with Gasteiger partial charge < -0.3 is 15.0 Å². The fourth-order valence-corrected chi connectivity index (χ4v) is 3.38. The number of ether oxygens (including phenoxy) is 1. The van der Waals surface area contributed by atoms with Crippen molar-refractivity contribution in [3.63, 3.8) is 0 Å². The first kappa shape index (κ1) is 16.6. The number of benzene rings is 1. The number of nitrogens with one attached hydrogen (secondary N) is 2. The summed E-state index contributed by atoms with van der Waals surface area (Å²) in [7, 11) is 1.67. The third kappa shape index (κ3) is 2.41. The number of aromatic amines is 1. The summed E-state index contributed by atoms with van der Waals surface area (Å²) in [6.45, 7) is 6.09. The van der Waals surface area contributed by atoms with Crippen LogP contribution >= 0.6 is 0 Å². The maximum atomic E-state index is 13.4. The maximum absolute atomic E-state index is 13.4. The molecular formula is C18H21FN2O3. The minimum absolute atomic E-state index is 0.0651. The molecule has 1 amide bonds. The quantitative estimate of drug-likeness (QED) is 0.907. The van der Waals surface area contributed by atoms with Gasteiger partial charge in [0.2, 0.25) is 5.56 Å². The van der Waals surface area contributed by atoms with Crippen LogP contribution in [0.4, 0.5) is 4.39 Å². The number of halogens is 1. The van der Waals surface area contributed by atoms with Crippen LogP contribution in [0.15, 0.2) is 29.1 Å². The number of methoxy groups -OCH3 is 1. The summed E-state index contributed by atoms with van der Waals surface area (Å²) in [6.07, 6.45) is 0.692. The number of carbonyl (C=O) groups excluding carboxylic acids is 1. The van der Waals surface area contributed by atoms with E-state index in [1.165, 1.54) is 24.3 Å². The van der Waals surface area contributed by atoms with Crippen molar-refractivity contribution in [3.05, 3.63) is 46.0 Å². The minimum Gasteiger partial charge on any atom is -0.378 e. The van der Waals surface area contributed by atoms with Crippen LogP contribution in [0, 0.1) is 11.2 Å². The Balaban J connectivity index is 1.92. The van der Waals surface area contributed by atoms with Crippen molar-refractivity contribution in [1.82, 2.24) is 10.3 Å². The predicted octanol–water partition coefficient (Wildman–Crippen LogP) is 2.60. The van der Waals surface area contributed by atoms with Crippen LogP contribution in [0.2, 0.25) is 0 Å². The molecule has 1 aromatic carbocycles. The van der Waals surface area contributed by atoms with Crippen LogP contribution in [-0.4, -0.2) is 29.6 Å². The molecule has 1 aromatic heterocycles. The van der Waals surface area contributed by atoms with E-state index in [1.54, 1.807) is 7.11 Å². The molecule has 1 aliphatic carbocycles. The molecule has 6 heteroatoms. The number of amides is 1. The van der Waals surface area contributed by atoms with Gasteiger partial charge in [0.25, 0.3) is 5.91 Å². The van der Waals surface area contributed by atoms with Gasteiger partial charge in [0.15, 0.2) is 0 Å². The van der Waals surface area contributed by atoms with Crippen molar-refractivity contribution >= 4 is 16.8 Å². The van der Waals surface area contributed by atoms with Crippen molar-refractivity contribution in [2.45, 2.75) is 38.8 Å². The number of hydrogen-bond donors (Lipinski definition) is 2. The van der Waals surface area contributed by atoms with Crippen LogP contribution in [0.3, 0.4) is 0 Å². The Morgan fingerprint density at radius 2 is 2.04 bits per heavy atom. The number of aromatic nitrogens is 1. The Bertz CT molecular complexity index is 874. The van der Waals surface area contributed by atoms with E-state index in [4.69, 9.17) is 4.74 Å². The van der Waals surface area contributed by atoms with E-state index in [1.807, 2.05) is 20.8 Å². The molecule has 5 nitrogen and oxygen atoms in total. The van der Waals surface area contributed by atoms with Gasteiger partial charge >= 0.3 is 0 Å². The number of hydrogen-bond acceptors (Lipinski definition) is 3. The summed E-state index contributed by atoms with van der Waals surface area (Å²) in [5, 5.41) is 3.49. The van der Waals surface area contributed by atoms with Gasteiger partial charge in [-0.05, 0) is 31.5 Å². The molecule has 0 radical (unpaired) electrons. The van der Waals surface area contributed by atoms with Gasteiger partial charge in [-0.3, -0.25) is 9.59 Å². The van der Waals surface area contributed by atoms with Crippen LogP contribution in [0.5, 0.6) is 0 Å². The average molecular weight is 332 g/mol. The lowest BCUT2D eigenvalue weighted by atomic mass is 9.56. The normalized spacial score (nSPS) is 25.3. The Morgan fingerprint density at radius 1 is 1.33 bits per heavy atom. The lowest BCUT2D eigenvalue weighted by molar-refractivity contribution is -0.177. The SMILES string of the molecule is CO[C@@]1(C)C[C@@H](NC(=O)c2cc(=O)[nH]c3cc(F)ccc23)C1(C)C. The van der Waals surface area contributed by atoms with Crippen LogP contribution in [0.1, 0.15) is 37.6 Å². The monoisotopic (exact) mass is 332 g/mol. The van der Waals surface area contributed by atoms with Gasteiger partial charge in [0, 0.05) is 30.0 Å². The van der Waals surface area contributed by atoms with Crippen molar-refractivity contribution in [1.29, 1.82) is 0 Å². The molecule has 1 heterocycles. The molecule has 0 aliphatic heterocycles. The summed E-state index contributed by atoms with van der Waals surface area (Å²) in [5.41, 5.74) is -0.421. The largest absolute Gasteiger partial charge is 0.378 e. The number of rotatable bonds is 3. The minimum atomic E-state index is -0.466. The smallest absolute Gasteiger partial charge is 0.252 e. The second-order valence-electron chi connectivity index (χ2n) is 7.12. The van der Waals surface area contributed by atoms with E-state index in [9.17, 15) is 14.0 Å². The van der Waals surface area contributed by atoms with Crippen molar-refractivity contribution < 1.29 is 13.9 Å². The second kappa shape index (κ2) is 5.41. The molecule has 0 saturated heterocycles. The third-order valence-electron chi connectivity index (χ3n) is 5.63. The summed E-state index contributed by atoms with van der Waals surface area (Å²) >= 11 is 0. The second-order valence-corrected chi connectivity index (χ2v) is 7.12. The molecule has 0 unspecified atom stereocenters. The number of carbonyl (C=O) groups is 1. The first-order chi connectivity index (χ1) is 11.2. The molecule has 1 fully saturated rings. The molecule has 1 saturated carbocycles. The zero-order chi connectivity index (χ0) is 17.7. The zero-order valence-corrected chi connectivity index (χ0v) is 14.2. The van der Waals surface area contributed by atoms with Gasteiger partial charge in [-0.15, -0.1) is 0 Å². The summed E-state index contributed by atoms with van der Waals surface area (Å²) in [5.74, 6) is -0.805. The predicted molar refractivity (Wildman–Crippen MR) is 89.6 cm³/mol. The molecule has 2 atom stereocenters. The highest BCUT2D eigenvalue weighted by atomic mass is 19.1. The first-order valence-corrected chi connectivity index (χ1v) is 7.86. The third-order valence-corrected chi connectivity index (χ3v) is 5.63. The van der Waals surface area contributed by atoms with Crippen molar-refractivity contribution in [3.8, 4) is 0 Å². The van der Waals surface area contributed by atoms with Gasteiger partial charge in [0.1, 0.15) is 5.82 Å². The molecule has 2 aromatic rings. The summed E-state index contributed by atoms with van der Waals surface area (Å²) < 4.78 is 18.9. The van der Waals surface area contributed by atoms with E-state index in [0.29, 0.717) is 17.3 Å². The zero-order valence-electron chi connectivity index (χ0n) is 14.2. The molecule has 24 heavy (non-hydrogen) atoms. The number of pyridine rings is 1. The van der Waals surface area contributed by atoms with Crippen molar-refractivity contribution in [2.24, 2.45) is 5.41 Å². The molecule has 3 rings (SSSR count). The number of fused-ring (bicyclic) bond motifs is 1. The Hall–Kier alpha value is -2.21. The van der Waals surface area contributed by atoms with E-state index < -0.39 is 11.4 Å².